The second-order valence-electron chi connectivity index (χ2n) is 7.96. The molecule has 0 aromatic rings. The quantitative estimate of drug-likeness (QED) is 0.255. The highest BCUT2D eigenvalue weighted by Gasteiger charge is 2.45. The van der Waals surface area contributed by atoms with E-state index in [2.05, 4.69) is 12.0 Å². The van der Waals surface area contributed by atoms with Crippen LogP contribution in [0.4, 0.5) is 0 Å². The van der Waals surface area contributed by atoms with Gasteiger partial charge in [-0.25, -0.2) is 0 Å². The summed E-state index contributed by atoms with van der Waals surface area (Å²) in [6.45, 7) is 11.4. The van der Waals surface area contributed by atoms with Gasteiger partial charge in [0.25, 0.3) is 0 Å². The van der Waals surface area contributed by atoms with Crippen molar-refractivity contribution in [2.45, 2.75) is 91.3 Å². The van der Waals surface area contributed by atoms with Gasteiger partial charge >= 0.3 is 11.9 Å². The number of hydrogen-bond donors (Lipinski definition) is 2. The molecule has 8 heteroatoms. The van der Waals surface area contributed by atoms with Crippen LogP contribution in [-0.2, 0) is 23.6 Å². The van der Waals surface area contributed by atoms with Crippen molar-refractivity contribution in [3.05, 3.63) is 0 Å². The van der Waals surface area contributed by atoms with Gasteiger partial charge in [0.15, 0.2) is 0 Å². The summed E-state index contributed by atoms with van der Waals surface area (Å²) in [6.07, 6.45) is 4.74. The van der Waals surface area contributed by atoms with Crippen molar-refractivity contribution >= 4 is 19.4 Å². The highest BCUT2D eigenvalue weighted by Crippen LogP contribution is 2.47. The monoisotopic (exact) mass is 406 g/mol. The summed E-state index contributed by atoms with van der Waals surface area (Å²) in [6, 6.07) is 0. The number of rotatable bonds is 14. The number of carbonyl (C=O) groups is 2. The molecule has 0 aliphatic carbocycles. The molecule has 2 atom stereocenters. The molecule has 0 spiro atoms. The first-order valence-electron chi connectivity index (χ1n) is 9.94. The van der Waals surface area contributed by atoms with Crippen molar-refractivity contribution in [3.8, 4) is 0 Å². The lowest BCUT2D eigenvalue weighted by Crippen LogP contribution is -2.42. The van der Waals surface area contributed by atoms with Gasteiger partial charge in [0.2, 0.25) is 7.44 Å². The third kappa shape index (κ3) is 10.3. The van der Waals surface area contributed by atoms with Gasteiger partial charge in [-0.05, 0) is 46.5 Å². The number of nitrogens with two attached hydrogens (primary N) is 1. The summed E-state index contributed by atoms with van der Waals surface area (Å²) in [4.78, 5) is 23.9. The molecule has 0 aliphatic heterocycles. The molecule has 2 unspecified atom stereocenters. The minimum atomic E-state index is -3.48. The molecule has 0 aliphatic rings. The van der Waals surface area contributed by atoms with Gasteiger partial charge in [-0.1, -0.05) is 33.1 Å². The van der Waals surface area contributed by atoms with Gasteiger partial charge in [-0.15, -0.1) is 0 Å². The molecular weight excluding hydrogens is 367 g/mol. The summed E-state index contributed by atoms with van der Waals surface area (Å²) in [5.41, 5.74) is 5.97. The van der Waals surface area contributed by atoms with E-state index >= 15 is 0 Å². The molecule has 0 saturated heterocycles. The van der Waals surface area contributed by atoms with Gasteiger partial charge in [-0.2, -0.15) is 0 Å². The lowest BCUT2D eigenvalue weighted by molar-refractivity contribution is -0.148. The number of esters is 2. The smallest absolute Gasteiger partial charge is 0.321 e. The van der Waals surface area contributed by atoms with Gasteiger partial charge in [0.1, 0.15) is 5.16 Å². The van der Waals surface area contributed by atoms with Crippen molar-refractivity contribution in [1.82, 2.24) is 5.09 Å². The zero-order chi connectivity index (χ0) is 21.1. The average Bonchev–Trinajstić information content (AvgIpc) is 2.57. The molecule has 7 nitrogen and oxygen atoms in total. The predicted octanol–water partition coefficient (Wildman–Crippen LogP) is 4.00. The standard InChI is InChI=1S/C19H39N2O5P/c1-7-8-9-10-13-25-18(23)19(5,6)27(20,24)21-14-16(4)11-12-17(22)26-15(2)3/h15-16H,7-14H2,1-6H3,(H3,20,21,24). The first-order chi connectivity index (χ1) is 12.4. The van der Waals surface area contributed by atoms with Crippen LogP contribution in [0, 0.1) is 5.92 Å². The van der Waals surface area contributed by atoms with E-state index in [1.165, 1.54) is 0 Å². The Hall–Kier alpha value is -0.910. The number of carbonyl (C=O) groups excluding carboxylic acids is 2. The van der Waals surface area contributed by atoms with E-state index in [0.29, 0.717) is 26.0 Å². The summed E-state index contributed by atoms with van der Waals surface area (Å²) in [5, 5.41) is 1.52. The molecule has 0 bridgehead atoms. The Balaban J connectivity index is 4.42. The summed E-state index contributed by atoms with van der Waals surface area (Å²) in [5.74, 6) is -0.743. The maximum Gasteiger partial charge on any atom is 0.321 e. The van der Waals surface area contributed by atoms with Crippen molar-refractivity contribution in [2.24, 2.45) is 11.4 Å². The Labute approximate surface area is 164 Å². The normalized spacial score (nSPS) is 15.3. The van der Waals surface area contributed by atoms with Crippen molar-refractivity contribution in [2.75, 3.05) is 13.2 Å². The molecule has 0 amide bonds. The second-order valence-corrected chi connectivity index (χ2v) is 10.7. The molecule has 0 rings (SSSR count). The fourth-order valence-electron chi connectivity index (χ4n) is 2.28. The van der Waals surface area contributed by atoms with E-state index in [0.717, 1.165) is 25.7 Å². The highest BCUT2D eigenvalue weighted by molar-refractivity contribution is 7.62. The zero-order valence-corrected chi connectivity index (χ0v) is 18.8. The molecule has 0 heterocycles. The molecule has 27 heavy (non-hydrogen) atoms. The summed E-state index contributed by atoms with van der Waals surface area (Å²) in [7, 11) is -3.48. The predicted molar refractivity (Wildman–Crippen MR) is 109 cm³/mol. The Morgan fingerprint density at radius 2 is 1.78 bits per heavy atom. The molecule has 0 saturated carbocycles. The van der Waals surface area contributed by atoms with Crippen LogP contribution < -0.4 is 10.6 Å². The summed E-state index contributed by atoms with van der Waals surface area (Å²) < 4.78 is 23.2. The Morgan fingerprint density at radius 3 is 2.33 bits per heavy atom. The van der Waals surface area contributed by atoms with E-state index in [9.17, 15) is 14.2 Å². The lowest BCUT2D eigenvalue weighted by Gasteiger charge is -2.30. The van der Waals surface area contributed by atoms with Crippen molar-refractivity contribution in [1.29, 1.82) is 0 Å². The van der Waals surface area contributed by atoms with E-state index in [4.69, 9.17) is 15.0 Å². The van der Waals surface area contributed by atoms with Crippen LogP contribution in [0.2, 0.25) is 0 Å². The van der Waals surface area contributed by atoms with Crippen LogP contribution in [0.5, 0.6) is 0 Å². The van der Waals surface area contributed by atoms with E-state index in [-0.39, 0.29) is 18.0 Å². The van der Waals surface area contributed by atoms with E-state index in [1.807, 2.05) is 6.92 Å². The number of nitrogens with one attached hydrogen (secondary N) is 1. The third-order valence-electron chi connectivity index (χ3n) is 4.44. The van der Waals surface area contributed by atoms with Gasteiger partial charge in [0, 0.05) is 13.0 Å². The maximum atomic E-state index is 12.9. The van der Waals surface area contributed by atoms with Gasteiger partial charge < -0.3 is 9.47 Å². The first-order valence-corrected chi connectivity index (χ1v) is 11.7. The average molecular weight is 407 g/mol. The fraction of sp³-hybridized carbons (Fsp3) is 0.895. The summed E-state index contributed by atoms with van der Waals surface area (Å²) >= 11 is 0. The largest absolute Gasteiger partial charge is 0.465 e. The topological polar surface area (TPSA) is 108 Å². The number of unbranched alkanes of at least 4 members (excludes halogenated alkanes) is 3. The second kappa shape index (κ2) is 12.5. The molecular formula is C19H39N2O5P. The Kier molecular flexibility index (Phi) is 12.1. The highest BCUT2D eigenvalue weighted by atomic mass is 31.2. The molecule has 0 fully saturated rings. The zero-order valence-electron chi connectivity index (χ0n) is 17.9. The van der Waals surface area contributed by atoms with Crippen molar-refractivity contribution in [3.63, 3.8) is 0 Å². The van der Waals surface area contributed by atoms with Crippen LogP contribution in [0.25, 0.3) is 0 Å². The molecule has 0 radical (unpaired) electrons. The van der Waals surface area contributed by atoms with Crippen LogP contribution in [0.3, 0.4) is 0 Å². The lowest BCUT2D eigenvalue weighted by atomic mass is 10.1. The molecule has 3 N–H and O–H groups in total. The third-order valence-corrected chi connectivity index (χ3v) is 6.94. The maximum absolute atomic E-state index is 12.9. The SMILES string of the molecule is CCCCCCOC(=O)C(C)(C)P(N)(=O)NCC(C)CCC(=O)OC(C)C. The minimum Gasteiger partial charge on any atom is -0.465 e. The van der Waals surface area contributed by atoms with Crippen LogP contribution in [0.15, 0.2) is 0 Å². The van der Waals surface area contributed by atoms with E-state index in [1.54, 1.807) is 27.7 Å². The Bertz CT molecular complexity index is 508. The minimum absolute atomic E-state index is 0.0578. The molecule has 160 valence electrons. The van der Waals surface area contributed by atoms with Gasteiger partial charge in [0.05, 0.1) is 12.7 Å². The molecule has 0 aromatic carbocycles. The van der Waals surface area contributed by atoms with Crippen LogP contribution in [-0.4, -0.2) is 36.4 Å². The van der Waals surface area contributed by atoms with Crippen LogP contribution in [0.1, 0.15) is 80.1 Å². The van der Waals surface area contributed by atoms with Crippen LogP contribution >= 0.6 is 7.44 Å². The molecule has 0 aromatic heterocycles. The number of hydrogen-bond acceptors (Lipinski definition) is 5. The van der Waals surface area contributed by atoms with Gasteiger partial charge in [-0.3, -0.25) is 24.7 Å². The van der Waals surface area contributed by atoms with Crippen molar-refractivity contribution < 1.29 is 23.6 Å². The first kappa shape index (κ1) is 26.1. The fourth-order valence-corrected chi connectivity index (χ4v) is 3.60. The van der Waals surface area contributed by atoms with E-state index < -0.39 is 18.6 Å². The number of ether oxygens (including phenoxy) is 2. The Morgan fingerprint density at radius 1 is 1.15 bits per heavy atom.